The zero-order valence-electron chi connectivity index (χ0n) is 12.6. The van der Waals surface area contributed by atoms with Crippen LogP contribution < -0.4 is 5.32 Å². The Morgan fingerprint density at radius 3 is 2.33 bits per heavy atom. The fourth-order valence-corrected chi connectivity index (χ4v) is 4.08. The van der Waals surface area contributed by atoms with E-state index < -0.39 is 9.84 Å². The molecule has 2 rings (SSSR count). The minimum absolute atomic E-state index is 0.185. The summed E-state index contributed by atoms with van der Waals surface area (Å²) in [6.45, 7) is 4.74. The smallest absolute Gasteiger partial charge is 0.179 e. The molecule has 0 spiro atoms. The molecule has 0 amide bonds. The molecule has 1 fully saturated rings. The van der Waals surface area contributed by atoms with Crippen LogP contribution >= 0.6 is 15.9 Å². The van der Waals surface area contributed by atoms with Gasteiger partial charge in [-0.15, -0.1) is 0 Å². The maximum Gasteiger partial charge on any atom is 0.179 e. The van der Waals surface area contributed by atoms with Gasteiger partial charge in [-0.25, -0.2) is 8.42 Å². The zero-order chi connectivity index (χ0) is 15.5. The first-order chi connectivity index (χ1) is 9.85. The Hall–Kier alpha value is -0.430. The predicted molar refractivity (Wildman–Crippen MR) is 89.3 cm³/mol. The summed E-state index contributed by atoms with van der Waals surface area (Å²) in [6.07, 6.45) is 2.11. The summed E-state index contributed by atoms with van der Waals surface area (Å²) >= 11 is 3.32. The molecule has 1 saturated heterocycles. The second-order valence-corrected chi connectivity index (χ2v) is 8.95. The van der Waals surface area contributed by atoms with Gasteiger partial charge in [-0.2, -0.15) is 0 Å². The number of rotatable bonds is 5. The molecule has 0 saturated carbocycles. The zero-order valence-corrected chi connectivity index (χ0v) is 15.0. The molecule has 1 aromatic rings. The molecule has 4 nitrogen and oxygen atoms in total. The number of sulfone groups is 1. The second-order valence-electron chi connectivity index (χ2n) is 5.93. The molecule has 118 valence electrons. The molecule has 0 unspecified atom stereocenters. The van der Waals surface area contributed by atoms with E-state index in [0.29, 0.717) is 11.4 Å². The summed E-state index contributed by atoms with van der Waals surface area (Å²) in [5.74, 6) is 0.185. The van der Waals surface area contributed by atoms with E-state index in [-0.39, 0.29) is 11.3 Å². The van der Waals surface area contributed by atoms with E-state index in [1.54, 1.807) is 24.3 Å². The van der Waals surface area contributed by atoms with Crippen LogP contribution in [0.25, 0.3) is 0 Å². The van der Waals surface area contributed by atoms with Crippen LogP contribution in [0, 0.1) is 0 Å². The van der Waals surface area contributed by atoms with Gasteiger partial charge in [0.05, 0.1) is 10.6 Å². The van der Waals surface area contributed by atoms with E-state index in [1.807, 2.05) is 7.05 Å². The molecule has 0 radical (unpaired) electrons. The predicted octanol–water partition coefficient (Wildman–Crippen LogP) is 2.30. The van der Waals surface area contributed by atoms with Crippen molar-refractivity contribution >= 4 is 25.8 Å². The summed E-state index contributed by atoms with van der Waals surface area (Å²) in [4.78, 5) is 2.65. The normalized spacial score (nSPS) is 19.6. The highest BCUT2D eigenvalue weighted by atomic mass is 79.9. The third-order valence-corrected chi connectivity index (χ3v) is 6.65. The molecule has 0 atom stereocenters. The summed E-state index contributed by atoms with van der Waals surface area (Å²) in [5.41, 5.74) is 0.196. The van der Waals surface area contributed by atoms with Gasteiger partial charge in [0.15, 0.2) is 9.84 Å². The molecule has 1 aliphatic heterocycles. The second kappa shape index (κ2) is 6.77. The lowest BCUT2D eigenvalue weighted by atomic mass is 9.90. The average molecular weight is 375 g/mol. The van der Waals surface area contributed by atoms with Gasteiger partial charge in [0.2, 0.25) is 0 Å². The van der Waals surface area contributed by atoms with Crippen LogP contribution in [0.3, 0.4) is 0 Å². The maximum atomic E-state index is 12.3. The molecule has 0 bridgehead atoms. The molecule has 0 aliphatic carbocycles. The molecule has 1 aromatic carbocycles. The molecule has 1 aliphatic rings. The van der Waals surface area contributed by atoms with Gasteiger partial charge in [0.25, 0.3) is 0 Å². The van der Waals surface area contributed by atoms with Crippen molar-refractivity contribution in [3.05, 3.63) is 28.7 Å². The molecular weight excluding hydrogens is 352 g/mol. The van der Waals surface area contributed by atoms with Crippen molar-refractivity contribution in [1.29, 1.82) is 0 Å². The number of hydrogen-bond donors (Lipinski definition) is 1. The summed E-state index contributed by atoms with van der Waals surface area (Å²) in [6, 6.07) is 6.86. The fraction of sp³-hybridized carbons (Fsp3) is 0.600. The summed E-state index contributed by atoms with van der Waals surface area (Å²) in [5, 5.41) is 3.35. The van der Waals surface area contributed by atoms with Crippen molar-refractivity contribution in [3.8, 4) is 0 Å². The lowest BCUT2D eigenvalue weighted by Gasteiger charge is -2.39. The number of likely N-dealkylation sites (tertiary alicyclic amines) is 1. The first-order valence-electron chi connectivity index (χ1n) is 7.24. The molecule has 1 N–H and O–H groups in total. The Kier molecular flexibility index (Phi) is 5.46. The highest BCUT2D eigenvalue weighted by Gasteiger charge is 2.28. The standard InChI is InChI=1S/C15H23BrN2O2S/c1-15(17-2)7-9-18(10-8-15)11-12-21(19,20)14-5-3-13(16)4-6-14/h3-6,17H,7-12H2,1-2H3. The molecular formula is C15H23BrN2O2S. The van der Waals surface area contributed by atoms with Crippen molar-refractivity contribution in [3.63, 3.8) is 0 Å². The van der Waals surface area contributed by atoms with Crippen molar-refractivity contribution in [2.75, 3.05) is 32.4 Å². The Bertz CT molecular complexity index is 564. The summed E-state index contributed by atoms with van der Waals surface area (Å²) in [7, 11) is -1.20. The van der Waals surface area contributed by atoms with Gasteiger partial charge >= 0.3 is 0 Å². The van der Waals surface area contributed by atoms with Crippen LogP contribution in [0.1, 0.15) is 19.8 Å². The number of halogens is 1. The number of benzene rings is 1. The fourth-order valence-electron chi connectivity index (χ4n) is 2.53. The Labute approximate surface area is 136 Å². The number of hydrogen-bond acceptors (Lipinski definition) is 4. The van der Waals surface area contributed by atoms with Crippen molar-refractivity contribution in [2.45, 2.75) is 30.2 Å². The Morgan fingerprint density at radius 1 is 1.24 bits per heavy atom. The maximum absolute atomic E-state index is 12.3. The number of piperidine rings is 1. The van der Waals surface area contributed by atoms with E-state index in [0.717, 1.165) is 30.4 Å². The van der Waals surface area contributed by atoms with Crippen LogP contribution in [-0.4, -0.2) is 51.3 Å². The van der Waals surface area contributed by atoms with Crippen LogP contribution in [0.4, 0.5) is 0 Å². The van der Waals surface area contributed by atoms with E-state index in [4.69, 9.17) is 0 Å². The van der Waals surface area contributed by atoms with Crippen LogP contribution in [0.2, 0.25) is 0 Å². The van der Waals surface area contributed by atoms with Crippen LogP contribution in [0.5, 0.6) is 0 Å². The van der Waals surface area contributed by atoms with Gasteiger partial charge < -0.3 is 10.2 Å². The van der Waals surface area contributed by atoms with Crippen LogP contribution in [-0.2, 0) is 9.84 Å². The van der Waals surface area contributed by atoms with Crippen molar-refractivity contribution < 1.29 is 8.42 Å². The first kappa shape index (κ1) is 16.9. The quantitative estimate of drug-likeness (QED) is 0.858. The Balaban J connectivity index is 1.90. The van der Waals surface area contributed by atoms with E-state index in [1.165, 1.54) is 0 Å². The highest BCUT2D eigenvalue weighted by Crippen LogP contribution is 2.21. The topological polar surface area (TPSA) is 49.4 Å². The van der Waals surface area contributed by atoms with Gasteiger partial charge in [-0.1, -0.05) is 15.9 Å². The minimum atomic E-state index is -3.19. The molecule has 21 heavy (non-hydrogen) atoms. The van der Waals surface area contributed by atoms with E-state index in [9.17, 15) is 8.42 Å². The van der Waals surface area contributed by atoms with Crippen molar-refractivity contribution in [2.24, 2.45) is 0 Å². The van der Waals surface area contributed by atoms with Gasteiger partial charge in [-0.05, 0) is 64.2 Å². The lowest BCUT2D eigenvalue weighted by molar-refractivity contribution is 0.159. The summed E-state index contributed by atoms with van der Waals surface area (Å²) < 4.78 is 25.5. The van der Waals surface area contributed by atoms with Gasteiger partial charge in [0, 0.05) is 16.6 Å². The third-order valence-electron chi connectivity index (χ3n) is 4.41. The van der Waals surface area contributed by atoms with E-state index in [2.05, 4.69) is 33.1 Å². The van der Waals surface area contributed by atoms with Crippen LogP contribution in [0.15, 0.2) is 33.6 Å². The third kappa shape index (κ3) is 4.52. The number of nitrogens with zero attached hydrogens (tertiary/aromatic N) is 1. The first-order valence-corrected chi connectivity index (χ1v) is 9.69. The Morgan fingerprint density at radius 2 is 1.81 bits per heavy atom. The monoisotopic (exact) mass is 374 g/mol. The average Bonchev–Trinajstić information content (AvgIpc) is 2.47. The minimum Gasteiger partial charge on any atom is -0.314 e. The highest BCUT2D eigenvalue weighted by molar-refractivity contribution is 9.10. The molecule has 0 aromatic heterocycles. The molecule has 1 heterocycles. The van der Waals surface area contributed by atoms with Crippen molar-refractivity contribution in [1.82, 2.24) is 10.2 Å². The van der Waals surface area contributed by atoms with E-state index >= 15 is 0 Å². The SMILES string of the molecule is CNC1(C)CCN(CCS(=O)(=O)c2ccc(Br)cc2)CC1. The largest absolute Gasteiger partial charge is 0.314 e. The lowest BCUT2D eigenvalue weighted by Crippen LogP contribution is -2.50. The van der Waals surface area contributed by atoms with Gasteiger partial charge in [-0.3, -0.25) is 0 Å². The van der Waals surface area contributed by atoms with Gasteiger partial charge in [0.1, 0.15) is 0 Å². The molecule has 6 heteroatoms. The number of nitrogens with one attached hydrogen (secondary N) is 1.